The minimum Gasteiger partial charge on any atom is -0.372 e. The number of anilines is 10. The second-order valence-corrected chi connectivity index (χ2v) is 27.3. The average molecular weight is 1350 g/mol. The van der Waals surface area contributed by atoms with Crippen molar-refractivity contribution >= 4 is 94.6 Å². The van der Waals surface area contributed by atoms with Crippen LogP contribution in [-0.4, -0.2) is 112 Å². The summed E-state index contributed by atoms with van der Waals surface area (Å²) in [6, 6.07) is 29.3. The summed E-state index contributed by atoms with van der Waals surface area (Å²) >= 11 is 0. The molecule has 0 saturated carbocycles. The molecule has 0 spiro atoms. The smallest absolute Gasteiger partial charge is 0.372 e. The molecular weight excluding hydrogens is 1240 g/mol. The van der Waals surface area contributed by atoms with Crippen LogP contribution < -0.4 is 49.9 Å². The van der Waals surface area contributed by atoms with Crippen molar-refractivity contribution in [2.24, 2.45) is 11.3 Å². The number of nitrogens with zero attached hydrogens (tertiary/aromatic N) is 5. The van der Waals surface area contributed by atoms with E-state index in [-0.39, 0.29) is 34.7 Å². The van der Waals surface area contributed by atoms with Gasteiger partial charge < -0.3 is 40.4 Å². The Balaban J connectivity index is 0.000000590. The van der Waals surface area contributed by atoms with Gasteiger partial charge in [0.25, 0.3) is 0 Å². The molecule has 0 aliphatic carbocycles. The predicted octanol–water partition coefficient (Wildman–Crippen LogP) is 16.9. The van der Waals surface area contributed by atoms with Crippen molar-refractivity contribution in [1.82, 2.24) is 0 Å². The SMILES string of the molecule is CCCCC(CC)C(=O)Nc1cc(N(CC)CC)ccc1C.CCN(CC)c1ccc(C)c(NC(=O)C(C)(C)C)c1.CCN(CC)c1ccc(C)c(NC(C)=O)c1.CCN(CC)c1ccc(C)c(NS(=O)(=O)C(F)(F)F)c1.CCN(CC)c1ccc(C)c(NS(C)(=O)=O)c1. The molecule has 528 valence electrons. The molecule has 5 aromatic rings. The highest BCUT2D eigenvalue weighted by atomic mass is 32.2. The number of aryl methyl sites for hydroxylation is 5. The molecule has 1 unspecified atom stereocenters. The van der Waals surface area contributed by atoms with Crippen LogP contribution in [-0.2, 0) is 34.4 Å². The van der Waals surface area contributed by atoms with Gasteiger partial charge in [0.2, 0.25) is 27.7 Å². The summed E-state index contributed by atoms with van der Waals surface area (Å²) in [6.45, 7) is 50.8. The van der Waals surface area contributed by atoms with Gasteiger partial charge in [-0.15, -0.1) is 0 Å². The Hall–Kier alpha value is -7.20. The zero-order valence-electron chi connectivity index (χ0n) is 60.7. The van der Waals surface area contributed by atoms with Gasteiger partial charge in [-0.3, -0.25) is 23.8 Å². The minimum atomic E-state index is -5.40. The van der Waals surface area contributed by atoms with Crippen molar-refractivity contribution in [1.29, 1.82) is 0 Å². The first-order valence-corrected chi connectivity index (χ1v) is 36.6. The topological polar surface area (TPSA) is 196 Å². The summed E-state index contributed by atoms with van der Waals surface area (Å²) in [5.41, 5.74) is 7.46. The second-order valence-electron chi connectivity index (χ2n) is 23.9. The molecular formula is C72H115F3N10O7S2. The summed E-state index contributed by atoms with van der Waals surface area (Å²) < 4.78 is 86.1. The van der Waals surface area contributed by atoms with Crippen molar-refractivity contribution in [2.45, 2.75) is 177 Å². The van der Waals surface area contributed by atoms with Crippen molar-refractivity contribution in [3.05, 3.63) is 119 Å². The molecule has 0 radical (unpaired) electrons. The zero-order valence-corrected chi connectivity index (χ0v) is 62.3. The van der Waals surface area contributed by atoms with Crippen LogP contribution >= 0.6 is 0 Å². The van der Waals surface area contributed by atoms with Gasteiger partial charge in [0.15, 0.2) is 0 Å². The number of benzene rings is 5. The van der Waals surface area contributed by atoms with Crippen LogP contribution in [0.1, 0.15) is 164 Å². The average Bonchev–Trinajstić information content (AvgIpc) is 0.885. The van der Waals surface area contributed by atoms with Gasteiger partial charge in [0.1, 0.15) is 0 Å². The molecule has 0 aliphatic rings. The summed E-state index contributed by atoms with van der Waals surface area (Å²) in [5.74, 6) is 0.305. The second kappa shape index (κ2) is 40.9. The fourth-order valence-electron chi connectivity index (χ4n) is 9.71. The maximum absolute atomic E-state index is 12.5. The summed E-state index contributed by atoms with van der Waals surface area (Å²) in [5, 5.41) is 9.03. The molecule has 0 fully saturated rings. The molecule has 5 aromatic carbocycles. The third-order valence-corrected chi connectivity index (χ3v) is 17.5. The molecule has 94 heavy (non-hydrogen) atoms. The maximum atomic E-state index is 12.5. The van der Waals surface area contributed by atoms with E-state index in [0.29, 0.717) is 30.0 Å². The van der Waals surface area contributed by atoms with E-state index in [0.717, 1.165) is 141 Å². The number of rotatable bonds is 27. The number of halogens is 3. The standard InChI is InChI=1S/C19H32N2O.C16H26N2O.C13H20N2O.C12H17F3N2O2S.C12H20N2O2S/c1-6-10-11-16(7-2)19(22)20-18-14-17(13-12-15(18)5)21(8-3)9-4;1-7-18(8-2)13-10-9-12(3)14(11-13)17-15(19)16(4,5)6;1-5-15(6-2)12-8-7-10(3)13(9-12)14-11(4)16;1-4-17(5-2)10-7-6-9(3)11(8-10)16-20(18,19)12(13,14)15;1-5-14(6-2)11-8-7-10(3)12(9-11)13-17(4,15)16/h12-14,16H,6-11H2,1-5H3,(H,20,22);9-11H,7-8H2,1-6H3,(H,17,19);7-9H,5-6H2,1-4H3,(H,14,16);6-8,16H,4-5H2,1-3H3;7-9,13H,5-6H2,1-4H3. The van der Waals surface area contributed by atoms with Crippen molar-refractivity contribution in [2.75, 3.05) is 122 Å². The number of amides is 3. The summed E-state index contributed by atoms with van der Waals surface area (Å²) in [6.07, 6.45) is 5.30. The van der Waals surface area contributed by atoms with Crippen LogP contribution in [0.25, 0.3) is 0 Å². The third kappa shape index (κ3) is 28.4. The van der Waals surface area contributed by atoms with E-state index >= 15 is 0 Å². The Bertz CT molecular complexity index is 3360. The third-order valence-electron chi connectivity index (χ3n) is 15.9. The fourth-order valence-corrected chi connectivity index (χ4v) is 11.0. The lowest BCUT2D eigenvalue weighted by atomic mass is 9.95. The number of sulfonamides is 2. The van der Waals surface area contributed by atoms with Gasteiger partial charge in [-0.25, -0.2) is 8.42 Å². The number of hydrogen-bond donors (Lipinski definition) is 5. The highest BCUT2D eigenvalue weighted by Gasteiger charge is 2.46. The molecule has 17 nitrogen and oxygen atoms in total. The van der Waals surface area contributed by atoms with E-state index < -0.39 is 25.6 Å². The highest BCUT2D eigenvalue weighted by molar-refractivity contribution is 7.93. The molecule has 22 heteroatoms. The van der Waals surface area contributed by atoms with E-state index in [4.69, 9.17) is 0 Å². The molecule has 0 saturated heterocycles. The fraction of sp³-hybridized carbons (Fsp3) is 0.542. The molecule has 0 heterocycles. The number of carbonyl (C=O) groups excluding carboxylic acids is 3. The first kappa shape index (κ1) is 84.8. The normalized spacial score (nSPS) is 11.5. The van der Waals surface area contributed by atoms with Crippen LogP contribution in [0.5, 0.6) is 0 Å². The molecule has 0 aliphatic heterocycles. The largest absolute Gasteiger partial charge is 0.516 e. The van der Waals surface area contributed by atoms with E-state index in [9.17, 15) is 44.4 Å². The van der Waals surface area contributed by atoms with Gasteiger partial charge in [0, 0.05) is 129 Å². The Morgan fingerprint density at radius 3 is 0.968 bits per heavy atom. The molecule has 1 atom stereocenters. The van der Waals surface area contributed by atoms with Gasteiger partial charge in [-0.1, -0.05) is 77.8 Å². The maximum Gasteiger partial charge on any atom is 0.516 e. The van der Waals surface area contributed by atoms with Crippen molar-refractivity contribution in [3.8, 4) is 0 Å². The molecule has 5 N–H and O–H groups in total. The van der Waals surface area contributed by atoms with Crippen molar-refractivity contribution < 1.29 is 44.4 Å². The van der Waals surface area contributed by atoms with Crippen LogP contribution in [0, 0.1) is 46.0 Å². The van der Waals surface area contributed by atoms with Crippen LogP contribution in [0.15, 0.2) is 91.0 Å². The first-order valence-electron chi connectivity index (χ1n) is 33.2. The number of hydrogen-bond acceptors (Lipinski definition) is 12. The number of unbranched alkanes of at least 4 members (excludes halogenated alkanes) is 1. The Morgan fingerprint density at radius 2 is 0.713 bits per heavy atom. The quantitative estimate of drug-likeness (QED) is 0.0334. The van der Waals surface area contributed by atoms with E-state index in [2.05, 4.69) is 159 Å². The lowest BCUT2D eigenvalue weighted by Crippen LogP contribution is -2.30. The molecule has 0 bridgehead atoms. The molecule has 0 aromatic heterocycles. The predicted molar refractivity (Wildman–Crippen MR) is 395 cm³/mol. The van der Waals surface area contributed by atoms with Gasteiger partial charge in [-0.2, -0.15) is 21.6 Å². The van der Waals surface area contributed by atoms with Gasteiger partial charge >= 0.3 is 15.5 Å². The Morgan fingerprint density at radius 1 is 0.436 bits per heavy atom. The number of carbonyl (C=O) groups is 3. The van der Waals surface area contributed by atoms with Gasteiger partial charge in [-0.05, 0) is 205 Å². The lowest BCUT2D eigenvalue weighted by Gasteiger charge is -2.24. The van der Waals surface area contributed by atoms with E-state index in [1.54, 1.807) is 23.8 Å². The van der Waals surface area contributed by atoms with Crippen LogP contribution in [0.3, 0.4) is 0 Å². The molecule has 3 amide bonds. The first-order chi connectivity index (χ1) is 43.9. The monoisotopic (exact) mass is 1350 g/mol. The zero-order chi connectivity index (χ0) is 71.9. The summed E-state index contributed by atoms with van der Waals surface area (Å²) in [4.78, 5) is 46.5. The number of alkyl halides is 3. The van der Waals surface area contributed by atoms with E-state index in [1.165, 1.54) is 18.7 Å². The Labute approximate surface area is 564 Å². The van der Waals surface area contributed by atoms with Crippen molar-refractivity contribution in [3.63, 3.8) is 0 Å². The highest BCUT2D eigenvalue weighted by Crippen LogP contribution is 2.32. The van der Waals surface area contributed by atoms with Gasteiger partial charge in [0.05, 0.1) is 17.6 Å². The van der Waals surface area contributed by atoms with Crippen LogP contribution in [0.2, 0.25) is 0 Å². The number of nitrogens with one attached hydrogen (secondary N) is 5. The van der Waals surface area contributed by atoms with Crippen LogP contribution in [0.4, 0.5) is 70.0 Å². The Kier molecular flexibility index (Phi) is 36.9. The minimum absolute atomic E-state index is 0.0280. The lowest BCUT2D eigenvalue weighted by molar-refractivity contribution is -0.123. The summed E-state index contributed by atoms with van der Waals surface area (Å²) in [7, 11) is -8.62. The molecule has 5 rings (SSSR count). The van der Waals surface area contributed by atoms with E-state index in [1.807, 2.05) is 90.6 Å².